The van der Waals surface area contributed by atoms with Crippen molar-refractivity contribution in [2.24, 2.45) is 0 Å². The summed E-state index contributed by atoms with van der Waals surface area (Å²) >= 11 is 0. The molecule has 0 aliphatic heterocycles. The minimum absolute atomic E-state index is 0.0718. The van der Waals surface area contributed by atoms with Crippen molar-refractivity contribution in [2.75, 3.05) is 13.2 Å². The van der Waals surface area contributed by atoms with Gasteiger partial charge in [-0.25, -0.2) is 0 Å². The number of ether oxygens (including phenoxy) is 3. The minimum Gasteiger partial charge on any atom is -0.462 e. The van der Waals surface area contributed by atoms with Crippen LogP contribution in [0.15, 0.2) is 36.5 Å². The van der Waals surface area contributed by atoms with Crippen LogP contribution >= 0.6 is 0 Å². The highest BCUT2D eigenvalue weighted by Crippen LogP contribution is 2.17. The molecule has 0 heterocycles. The van der Waals surface area contributed by atoms with Crippen LogP contribution in [0, 0.1) is 0 Å². The third-order valence-corrected chi connectivity index (χ3v) is 13.6. The highest BCUT2D eigenvalue weighted by Gasteiger charge is 2.19. The average molecular weight is 970 g/mol. The number of hydrogen-bond acceptors (Lipinski definition) is 6. The van der Waals surface area contributed by atoms with Crippen LogP contribution in [-0.4, -0.2) is 37.2 Å². The maximum absolute atomic E-state index is 12.8. The Bertz CT molecular complexity index is 1160. The van der Waals surface area contributed by atoms with Crippen molar-refractivity contribution in [3.63, 3.8) is 0 Å². The zero-order valence-corrected chi connectivity index (χ0v) is 46.3. The first-order valence-corrected chi connectivity index (χ1v) is 30.5. The van der Waals surface area contributed by atoms with E-state index in [4.69, 9.17) is 14.2 Å². The molecule has 0 bridgehead atoms. The lowest BCUT2D eigenvalue weighted by atomic mass is 10.0. The quantitative estimate of drug-likeness (QED) is 0.0261. The normalized spacial score (nSPS) is 12.2. The standard InChI is InChI=1S/C63H116O6/c1-4-7-10-13-16-18-20-22-24-26-27-28-29-30-31-32-33-34-35-36-37-38-40-41-43-45-47-50-53-56-62(65)68-59-60(58-67-61(64)55-52-49-15-12-9-6-3)69-63(66)57-54-51-48-46-44-42-39-25-23-21-19-17-14-11-8-5-2/h20,22,25-27,39,60H,4-19,21,23-24,28-38,40-59H2,1-3H3/b22-20-,27-26-,39-25-. The van der Waals surface area contributed by atoms with E-state index in [0.717, 1.165) is 70.6 Å². The molecule has 6 heteroatoms. The molecule has 0 N–H and O–H groups in total. The molecule has 69 heavy (non-hydrogen) atoms. The summed E-state index contributed by atoms with van der Waals surface area (Å²) in [5.41, 5.74) is 0. The SMILES string of the molecule is CCCCCCC/C=C\C/C=C\CCCCCCCCCCCCCCCCCCCC(=O)OCC(COC(=O)CCCCCCCC)OC(=O)CCCCCCC/C=C\CCCCCCCCC. The molecule has 6 nitrogen and oxygen atoms in total. The number of unbranched alkanes of at least 4 members (excludes halogenated alkanes) is 39. The average Bonchev–Trinajstić information content (AvgIpc) is 3.35. The van der Waals surface area contributed by atoms with Crippen LogP contribution in [0.3, 0.4) is 0 Å². The minimum atomic E-state index is -0.770. The monoisotopic (exact) mass is 969 g/mol. The van der Waals surface area contributed by atoms with E-state index in [1.165, 1.54) is 218 Å². The molecule has 0 amide bonds. The van der Waals surface area contributed by atoms with E-state index in [1.807, 2.05) is 0 Å². The van der Waals surface area contributed by atoms with E-state index < -0.39 is 6.10 Å². The smallest absolute Gasteiger partial charge is 0.306 e. The second-order valence-electron chi connectivity index (χ2n) is 20.6. The Hall–Kier alpha value is -2.37. The lowest BCUT2D eigenvalue weighted by molar-refractivity contribution is -0.167. The Labute approximate surface area is 429 Å². The molecule has 0 saturated carbocycles. The third-order valence-electron chi connectivity index (χ3n) is 13.6. The summed E-state index contributed by atoms with van der Waals surface area (Å²) in [6.45, 7) is 6.60. The number of hydrogen-bond donors (Lipinski definition) is 0. The fraction of sp³-hybridized carbons (Fsp3) is 0.857. The van der Waals surface area contributed by atoms with Gasteiger partial charge in [-0.15, -0.1) is 0 Å². The van der Waals surface area contributed by atoms with Crippen molar-refractivity contribution in [1.82, 2.24) is 0 Å². The van der Waals surface area contributed by atoms with Gasteiger partial charge in [-0.05, 0) is 77.0 Å². The Morgan fingerprint density at radius 2 is 0.522 bits per heavy atom. The van der Waals surface area contributed by atoms with E-state index in [9.17, 15) is 14.4 Å². The van der Waals surface area contributed by atoms with Crippen LogP contribution in [0.2, 0.25) is 0 Å². The van der Waals surface area contributed by atoms with Crippen LogP contribution < -0.4 is 0 Å². The number of allylic oxidation sites excluding steroid dienone is 6. The molecule has 404 valence electrons. The van der Waals surface area contributed by atoms with E-state index in [1.54, 1.807) is 0 Å². The second kappa shape index (κ2) is 58.2. The molecule has 0 aromatic heterocycles. The summed E-state index contributed by atoms with van der Waals surface area (Å²) in [7, 11) is 0. The summed E-state index contributed by atoms with van der Waals surface area (Å²) in [6, 6.07) is 0. The number of rotatable bonds is 56. The van der Waals surface area contributed by atoms with Crippen LogP contribution in [0.1, 0.15) is 329 Å². The van der Waals surface area contributed by atoms with E-state index in [2.05, 4.69) is 57.2 Å². The first kappa shape index (κ1) is 66.6. The zero-order chi connectivity index (χ0) is 50.0. The van der Waals surface area contributed by atoms with Crippen molar-refractivity contribution >= 4 is 17.9 Å². The largest absolute Gasteiger partial charge is 0.462 e. The molecule has 0 spiro atoms. The van der Waals surface area contributed by atoms with Gasteiger partial charge in [0, 0.05) is 19.3 Å². The number of esters is 3. The fourth-order valence-corrected chi connectivity index (χ4v) is 9.00. The van der Waals surface area contributed by atoms with Gasteiger partial charge in [-0.3, -0.25) is 14.4 Å². The second-order valence-corrected chi connectivity index (χ2v) is 20.6. The molecular formula is C63H116O6. The summed E-state index contributed by atoms with van der Waals surface area (Å²) in [4.78, 5) is 37.9. The van der Waals surface area contributed by atoms with Crippen LogP contribution in [-0.2, 0) is 28.6 Å². The fourth-order valence-electron chi connectivity index (χ4n) is 9.00. The summed E-state index contributed by atoms with van der Waals surface area (Å²) in [5.74, 6) is -0.874. The molecular weight excluding hydrogens is 853 g/mol. The topological polar surface area (TPSA) is 78.9 Å². The summed E-state index contributed by atoms with van der Waals surface area (Å²) in [6.07, 6.45) is 70.5. The van der Waals surface area contributed by atoms with E-state index in [-0.39, 0.29) is 31.1 Å². The number of carbonyl (C=O) groups excluding carboxylic acids is 3. The first-order chi connectivity index (χ1) is 34.0. The van der Waals surface area contributed by atoms with Crippen molar-refractivity contribution < 1.29 is 28.6 Å². The molecule has 0 aromatic carbocycles. The van der Waals surface area contributed by atoms with Crippen LogP contribution in [0.4, 0.5) is 0 Å². The zero-order valence-electron chi connectivity index (χ0n) is 46.3. The molecule has 1 atom stereocenters. The molecule has 0 rings (SSSR count). The van der Waals surface area contributed by atoms with E-state index in [0.29, 0.717) is 19.3 Å². The molecule has 0 aliphatic rings. The van der Waals surface area contributed by atoms with Crippen LogP contribution in [0.5, 0.6) is 0 Å². The molecule has 0 aromatic rings. The highest BCUT2D eigenvalue weighted by atomic mass is 16.6. The van der Waals surface area contributed by atoms with E-state index >= 15 is 0 Å². The predicted molar refractivity (Wildman–Crippen MR) is 298 cm³/mol. The van der Waals surface area contributed by atoms with Crippen molar-refractivity contribution in [1.29, 1.82) is 0 Å². The Morgan fingerprint density at radius 3 is 0.812 bits per heavy atom. The van der Waals surface area contributed by atoms with Gasteiger partial charge < -0.3 is 14.2 Å². The van der Waals surface area contributed by atoms with Crippen molar-refractivity contribution in [3.8, 4) is 0 Å². The van der Waals surface area contributed by atoms with Gasteiger partial charge in [-0.1, -0.05) is 269 Å². The van der Waals surface area contributed by atoms with Gasteiger partial charge in [0.2, 0.25) is 0 Å². The Kier molecular flexibility index (Phi) is 56.2. The van der Waals surface area contributed by atoms with Gasteiger partial charge in [0.25, 0.3) is 0 Å². The van der Waals surface area contributed by atoms with Gasteiger partial charge in [0.05, 0.1) is 0 Å². The summed E-state index contributed by atoms with van der Waals surface area (Å²) in [5, 5.41) is 0. The van der Waals surface area contributed by atoms with Gasteiger partial charge in [0.15, 0.2) is 6.10 Å². The molecule has 0 radical (unpaired) electrons. The lowest BCUT2D eigenvalue weighted by Crippen LogP contribution is -2.30. The maximum atomic E-state index is 12.8. The van der Waals surface area contributed by atoms with Gasteiger partial charge >= 0.3 is 17.9 Å². The molecule has 0 saturated heterocycles. The van der Waals surface area contributed by atoms with Crippen LogP contribution in [0.25, 0.3) is 0 Å². The van der Waals surface area contributed by atoms with Crippen molar-refractivity contribution in [2.45, 2.75) is 335 Å². The van der Waals surface area contributed by atoms with Crippen molar-refractivity contribution in [3.05, 3.63) is 36.5 Å². The maximum Gasteiger partial charge on any atom is 0.306 e. The third kappa shape index (κ3) is 56.4. The predicted octanol–water partition coefficient (Wildman–Crippen LogP) is 20.4. The molecule has 0 fully saturated rings. The highest BCUT2D eigenvalue weighted by molar-refractivity contribution is 5.71. The molecule has 1 unspecified atom stereocenters. The van der Waals surface area contributed by atoms with Gasteiger partial charge in [-0.2, -0.15) is 0 Å². The summed E-state index contributed by atoms with van der Waals surface area (Å²) < 4.78 is 16.8. The lowest BCUT2D eigenvalue weighted by Gasteiger charge is -2.18. The van der Waals surface area contributed by atoms with Gasteiger partial charge in [0.1, 0.15) is 13.2 Å². The Morgan fingerprint density at radius 1 is 0.290 bits per heavy atom. The first-order valence-electron chi connectivity index (χ1n) is 30.5. The Balaban J connectivity index is 4.01. The molecule has 0 aliphatic carbocycles. The number of carbonyl (C=O) groups is 3.